The van der Waals surface area contributed by atoms with E-state index in [0.29, 0.717) is 11.8 Å². The molecule has 1 saturated carbocycles. The Kier molecular flexibility index (Phi) is 3.09. The number of benzene rings is 1. The standard InChI is InChI=1S/C14H18O3/c1-8(5-10-7-13(10)14(16)17)12-4-3-11(15)6-9(12)2/h3-4,6,8,10,13,15H,5,7H2,1-2H3,(H,16,17). The van der Waals surface area contributed by atoms with E-state index in [4.69, 9.17) is 5.11 Å². The molecule has 2 N–H and O–H groups in total. The number of phenolic OH excluding ortho intramolecular Hbond substituents is 1. The van der Waals surface area contributed by atoms with Crippen molar-refractivity contribution in [1.82, 2.24) is 0 Å². The first-order chi connectivity index (χ1) is 7.99. The van der Waals surface area contributed by atoms with Gasteiger partial charge in [-0.05, 0) is 54.9 Å². The van der Waals surface area contributed by atoms with Gasteiger partial charge in [-0.25, -0.2) is 0 Å². The molecule has 3 nitrogen and oxygen atoms in total. The van der Waals surface area contributed by atoms with E-state index in [2.05, 4.69) is 6.92 Å². The van der Waals surface area contributed by atoms with E-state index in [0.717, 1.165) is 18.4 Å². The molecule has 1 aliphatic carbocycles. The van der Waals surface area contributed by atoms with Crippen molar-refractivity contribution >= 4 is 5.97 Å². The molecule has 0 amide bonds. The number of aliphatic carboxylic acids is 1. The number of aromatic hydroxyl groups is 1. The molecule has 0 heterocycles. The van der Waals surface area contributed by atoms with Gasteiger partial charge < -0.3 is 10.2 Å². The van der Waals surface area contributed by atoms with Crippen molar-refractivity contribution in [2.24, 2.45) is 11.8 Å². The maximum Gasteiger partial charge on any atom is 0.306 e. The molecule has 0 spiro atoms. The predicted octanol–water partition coefficient (Wildman–Crippen LogP) is 2.91. The van der Waals surface area contributed by atoms with E-state index in [1.807, 2.05) is 13.0 Å². The fourth-order valence-electron chi connectivity index (χ4n) is 2.60. The molecule has 92 valence electrons. The molecule has 2 rings (SSSR count). The number of carboxylic acids is 1. The molecule has 3 unspecified atom stereocenters. The average Bonchev–Trinajstić information content (AvgIpc) is 2.96. The second-order valence-corrected chi connectivity index (χ2v) is 5.12. The zero-order valence-electron chi connectivity index (χ0n) is 10.2. The summed E-state index contributed by atoms with van der Waals surface area (Å²) in [6.45, 7) is 4.10. The highest BCUT2D eigenvalue weighted by Gasteiger charge is 2.43. The van der Waals surface area contributed by atoms with Crippen LogP contribution in [0.2, 0.25) is 0 Å². The van der Waals surface area contributed by atoms with Gasteiger partial charge in [0.2, 0.25) is 0 Å². The number of carboxylic acid groups (broad SMARTS) is 1. The summed E-state index contributed by atoms with van der Waals surface area (Å²) in [4.78, 5) is 10.8. The Labute approximate surface area is 101 Å². The third-order valence-electron chi connectivity index (χ3n) is 3.68. The summed E-state index contributed by atoms with van der Waals surface area (Å²) in [5.74, 6) is 0.174. The first-order valence-electron chi connectivity index (χ1n) is 6.01. The van der Waals surface area contributed by atoms with Crippen molar-refractivity contribution in [3.05, 3.63) is 29.3 Å². The summed E-state index contributed by atoms with van der Waals surface area (Å²) in [5.41, 5.74) is 2.28. The highest BCUT2D eigenvalue weighted by molar-refractivity contribution is 5.73. The molecular formula is C14H18O3. The van der Waals surface area contributed by atoms with E-state index >= 15 is 0 Å². The minimum atomic E-state index is -0.662. The van der Waals surface area contributed by atoms with Crippen molar-refractivity contribution in [2.75, 3.05) is 0 Å². The first kappa shape index (κ1) is 12.0. The first-order valence-corrected chi connectivity index (χ1v) is 6.01. The van der Waals surface area contributed by atoms with Crippen LogP contribution in [-0.4, -0.2) is 16.2 Å². The Morgan fingerprint density at radius 1 is 1.53 bits per heavy atom. The van der Waals surface area contributed by atoms with E-state index < -0.39 is 5.97 Å². The molecule has 0 radical (unpaired) electrons. The van der Waals surface area contributed by atoms with Gasteiger partial charge in [0, 0.05) is 0 Å². The number of aryl methyl sites for hydroxylation is 1. The molecule has 0 aromatic heterocycles. The van der Waals surface area contributed by atoms with Gasteiger partial charge in [-0.2, -0.15) is 0 Å². The zero-order chi connectivity index (χ0) is 12.6. The molecule has 3 heteroatoms. The van der Waals surface area contributed by atoms with Gasteiger partial charge in [0.05, 0.1) is 5.92 Å². The van der Waals surface area contributed by atoms with Gasteiger partial charge in [-0.3, -0.25) is 4.79 Å². The van der Waals surface area contributed by atoms with E-state index in [1.165, 1.54) is 5.56 Å². The second kappa shape index (κ2) is 4.40. The van der Waals surface area contributed by atoms with Gasteiger partial charge in [0.1, 0.15) is 5.75 Å². The number of hydrogen-bond acceptors (Lipinski definition) is 2. The molecule has 1 fully saturated rings. The molecular weight excluding hydrogens is 216 g/mol. The monoisotopic (exact) mass is 234 g/mol. The van der Waals surface area contributed by atoms with Crippen LogP contribution in [0.1, 0.15) is 36.8 Å². The van der Waals surface area contributed by atoms with Crippen molar-refractivity contribution in [3.8, 4) is 5.75 Å². The van der Waals surface area contributed by atoms with E-state index in [1.54, 1.807) is 12.1 Å². The minimum Gasteiger partial charge on any atom is -0.508 e. The molecule has 0 bridgehead atoms. The van der Waals surface area contributed by atoms with Crippen molar-refractivity contribution in [3.63, 3.8) is 0 Å². The largest absolute Gasteiger partial charge is 0.508 e. The predicted molar refractivity (Wildman–Crippen MR) is 65.1 cm³/mol. The third kappa shape index (κ3) is 2.60. The van der Waals surface area contributed by atoms with Crippen LogP contribution in [0.4, 0.5) is 0 Å². The van der Waals surface area contributed by atoms with Crippen LogP contribution in [0.15, 0.2) is 18.2 Å². The second-order valence-electron chi connectivity index (χ2n) is 5.12. The van der Waals surface area contributed by atoms with Crippen LogP contribution in [0, 0.1) is 18.8 Å². The van der Waals surface area contributed by atoms with Crippen molar-refractivity contribution in [1.29, 1.82) is 0 Å². The topological polar surface area (TPSA) is 57.5 Å². The third-order valence-corrected chi connectivity index (χ3v) is 3.68. The van der Waals surface area contributed by atoms with Crippen LogP contribution in [0.5, 0.6) is 5.75 Å². The molecule has 17 heavy (non-hydrogen) atoms. The lowest BCUT2D eigenvalue weighted by Crippen LogP contribution is -2.03. The lowest BCUT2D eigenvalue weighted by molar-refractivity contribution is -0.138. The Morgan fingerprint density at radius 3 is 2.76 bits per heavy atom. The Hall–Kier alpha value is -1.51. The summed E-state index contributed by atoms with van der Waals surface area (Å²) >= 11 is 0. The van der Waals surface area contributed by atoms with Crippen molar-refractivity contribution < 1.29 is 15.0 Å². The lowest BCUT2D eigenvalue weighted by Gasteiger charge is -2.14. The molecule has 1 aliphatic rings. The minimum absolute atomic E-state index is 0.130. The fraction of sp³-hybridized carbons (Fsp3) is 0.500. The maximum atomic E-state index is 10.8. The van der Waals surface area contributed by atoms with Gasteiger partial charge in [0.25, 0.3) is 0 Å². The smallest absolute Gasteiger partial charge is 0.306 e. The van der Waals surface area contributed by atoms with Gasteiger partial charge >= 0.3 is 5.97 Å². The Morgan fingerprint density at radius 2 is 2.24 bits per heavy atom. The number of rotatable bonds is 4. The number of carbonyl (C=O) groups is 1. The fourth-order valence-corrected chi connectivity index (χ4v) is 2.60. The van der Waals surface area contributed by atoms with Crippen LogP contribution >= 0.6 is 0 Å². The van der Waals surface area contributed by atoms with Gasteiger partial charge in [-0.1, -0.05) is 13.0 Å². The maximum absolute atomic E-state index is 10.8. The van der Waals surface area contributed by atoms with Crippen LogP contribution < -0.4 is 0 Å². The normalized spacial score (nSPS) is 24.4. The van der Waals surface area contributed by atoms with Crippen LogP contribution in [-0.2, 0) is 4.79 Å². The van der Waals surface area contributed by atoms with Crippen LogP contribution in [0.25, 0.3) is 0 Å². The lowest BCUT2D eigenvalue weighted by atomic mass is 9.91. The molecule has 1 aromatic rings. The van der Waals surface area contributed by atoms with Gasteiger partial charge in [-0.15, -0.1) is 0 Å². The molecule has 1 aromatic carbocycles. The zero-order valence-corrected chi connectivity index (χ0v) is 10.2. The Bertz CT molecular complexity index is 439. The van der Waals surface area contributed by atoms with Crippen molar-refractivity contribution in [2.45, 2.75) is 32.6 Å². The molecule has 0 saturated heterocycles. The number of hydrogen-bond donors (Lipinski definition) is 2. The summed E-state index contributed by atoms with van der Waals surface area (Å²) in [5, 5.41) is 18.2. The van der Waals surface area contributed by atoms with Gasteiger partial charge in [0.15, 0.2) is 0 Å². The molecule has 0 aliphatic heterocycles. The summed E-state index contributed by atoms with van der Waals surface area (Å²) in [6.07, 6.45) is 1.74. The summed E-state index contributed by atoms with van der Waals surface area (Å²) in [6, 6.07) is 5.39. The average molecular weight is 234 g/mol. The molecule has 3 atom stereocenters. The SMILES string of the molecule is Cc1cc(O)ccc1C(C)CC1CC1C(=O)O. The van der Waals surface area contributed by atoms with Crippen LogP contribution in [0.3, 0.4) is 0 Å². The summed E-state index contributed by atoms with van der Waals surface area (Å²) < 4.78 is 0. The Balaban J connectivity index is 2.01. The summed E-state index contributed by atoms with van der Waals surface area (Å²) in [7, 11) is 0. The highest BCUT2D eigenvalue weighted by atomic mass is 16.4. The quantitative estimate of drug-likeness (QED) is 0.842. The number of phenols is 1. The highest BCUT2D eigenvalue weighted by Crippen LogP contribution is 2.45. The van der Waals surface area contributed by atoms with E-state index in [-0.39, 0.29) is 11.7 Å². The van der Waals surface area contributed by atoms with E-state index in [9.17, 15) is 9.90 Å².